The number of nitrogens with two attached hydrogens (primary N) is 1. The zero-order valence-electron chi connectivity index (χ0n) is 12.3. The lowest BCUT2D eigenvalue weighted by molar-refractivity contribution is -0.0666. The molecule has 1 aliphatic rings. The molecule has 1 aliphatic heterocycles. The molecule has 1 rings (SSSR count). The summed E-state index contributed by atoms with van der Waals surface area (Å²) in [5, 5.41) is 0. The standard InChI is InChI=1S/C14H30N2OS/c1-4-6-13-11-14(12-15,7-9-17-13)16(2)8-5-10-18-3/h13H,4-12,15H2,1-3H3. The second kappa shape index (κ2) is 8.41. The third kappa shape index (κ3) is 4.41. The molecular weight excluding hydrogens is 244 g/mol. The summed E-state index contributed by atoms with van der Waals surface area (Å²) < 4.78 is 5.86. The number of ether oxygens (including phenoxy) is 1. The van der Waals surface area contributed by atoms with E-state index < -0.39 is 0 Å². The molecular formula is C14H30N2OS. The molecule has 3 nitrogen and oxygen atoms in total. The molecule has 0 saturated carbocycles. The minimum Gasteiger partial charge on any atom is -0.378 e. The Morgan fingerprint density at radius 3 is 2.89 bits per heavy atom. The molecule has 0 aliphatic carbocycles. The highest BCUT2D eigenvalue weighted by Gasteiger charge is 2.38. The van der Waals surface area contributed by atoms with E-state index in [1.165, 1.54) is 25.0 Å². The highest BCUT2D eigenvalue weighted by molar-refractivity contribution is 7.98. The van der Waals surface area contributed by atoms with E-state index in [0.717, 1.165) is 32.5 Å². The fraction of sp³-hybridized carbons (Fsp3) is 1.00. The van der Waals surface area contributed by atoms with E-state index >= 15 is 0 Å². The number of hydrogen-bond acceptors (Lipinski definition) is 4. The molecule has 0 aromatic carbocycles. The van der Waals surface area contributed by atoms with Gasteiger partial charge in [-0.1, -0.05) is 13.3 Å². The lowest BCUT2D eigenvalue weighted by Crippen LogP contribution is -2.57. The third-order valence-corrected chi connectivity index (χ3v) is 4.87. The summed E-state index contributed by atoms with van der Waals surface area (Å²) in [4.78, 5) is 2.49. The lowest BCUT2D eigenvalue weighted by Gasteiger charge is -2.46. The van der Waals surface area contributed by atoms with Crippen molar-refractivity contribution in [1.82, 2.24) is 4.90 Å². The van der Waals surface area contributed by atoms with E-state index in [-0.39, 0.29) is 5.54 Å². The SMILES string of the molecule is CCCC1CC(CN)(N(C)CCCSC)CCO1. The molecule has 4 heteroatoms. The molecule has 0 amide bonds. The second-order valence-corrected chi connectivity index (χ2v) is 6.42. The lowest BCUT2D eigenvalue weighted by atomic mass is 9.84. The second-order valence-electron chi connectivity index (χ2n) is 5.43. The van der Waals surface area contributed by atoms with Gasteiger partial charge in [-0.3, -0.25) is 4.90 Å². The van der Waals surface area contributed by atoms with Crippen molar-refractivity contribution in [2.75, 3.05) is 38.8 Å². The van der Waals surface area contributed by atoms with Gasteiger partial charge in [-0.2, -0.15) is 11.8 Å². The summed E-state index contributed by atoms with van der Waals surface area (Å²) in [6, 6.07) is 0. The molecule has 0 spiro atoms. The maximum atomic E-state index is 6.10. The van der Waals surface area contributed by atoms with Crippen LogP contribution < -0.4 is 5.73 Å². The Morgan fingerprint density at radius 1 is 1.50 bits per heavy atom. The Bertz CT molecular complexity index is 226. The van der Waals surface area contributed by atoms with Crippen LogP contribution in [0.4, 0.5) is 0 Å². The molecule has 0 aromatic rings. The maximum Gasteiger partial charge on any atom is 0.0593 e. The van der Waals surface area contributed by atoms with E-state index in [9.17, 15) is 0 Å². The molecule has 1 fully saturated rings. The summed E-state index contributed by atoms with van der Waals surface area (Å²) in [6.45, 7) is 5.00. The molecule has 0 bridgehead atoms. The van der Waals surface area contributed by atoms with Gasteiger partial charge >= 0.3 is 0 Å². The van der Waals surface area contributed by atoms with Crippen LogP contribution in [-0.2, 0) is 4.74 Å². The van der Waals surface area contributed by atoms with Gasteiger partial charge in [0.1, 0.15) is 0 Å². The van der Waals surface area contributed by atoms with Crippen molar-refractivity contribution in [2.45, 2.75) is 50.7 Å². The Morgan fingerprint density at radius 2 is 2.28 bits per heavy atom. The smallest absolute Gasteiger partial charge is 0.0593 e. The molecule has 1 heterocycles. The average Bonchev–Trinajstić information content (AvgIpc) is 2.39. The molecule has 2 atom stereocenters. The van der Waals surface area contributed by atoms with Crippen molar-refractivity contribution < 1.29 is 4.74 Å². The maximum absolute atomic E-state index is 6.10. The van der Waals surface area contributed by atoms with Gasteiger partial charge in [0.2, 0.25) is 0 Å². The van der Waals surface area contributed by atoms with Crippen LogP contribution in [0.15, 0.2) is 0 Å². The number of likely N-dealkylation sites (N-methyl/N-ethyl adjacent to an activating group) is 1. The van der Waals surface area contributed by atoms with E-state index in [1.54, 1.807) is 0 Å². The summed E-state index contributed by atoms with van der Waals surface area (Å²) >= 11 is 1.92. The van der Waals surface area contributed by atoms with Crippen LogP contribution in [0.5, 0.6) is 0 Å². The van der Waals surface area contributed by atoms with Crippen molar-refractivity contribution in [2.24, 2.45) is 5.73 Å². The van der Waals surface area contributed by atoms with Crippen molar-refractivity contribution in [3.63, 3.8) is 0 Å². The van der Waals surface area contributed by atoms with Crippen LogP contribution in [0.2, 0.25) is 0 Å². The van der Waals surface area contributed by atoms with Crippen LogP contribution in [0.1, 0.15) is 39.0 Å². The van der Waals surface area contributed by atoms with E-state index in [0.29, 0.717) is 6.10 Å². The van der Waals surface area contributed by atoms with Crippen molar-refractivity contribution in [3.05, 3.63) is 0 Å². The normalized spacial score (nSPS) is 28.8. The number of thioether (sulfide) groups is 1. The van der Waals surface area contributed by atoms with Gasteiger partial charge in [-0.05, 0) is 51.3 Å². The van der Waals surface area contributed by atoms with E-state index in [4.69, 9.17) is 10.5 Å². The van der Waals surface area contributed by atoms with E-state index in [1.807, 2.05) is 11.8 Å². The third-order valence-electron chi connectivity index (χ3n) is 4.17. The minimum absolute atomic E-state index is 0.177. The molecule has 18 heavy (non-hydrogen) atoms. The highest BCUT2D eigenvalue weighted by Crippen LogP contribution is 2.31. The van der Waals surface area contributed by atoms with Gasteiger partial charge < -0.3 is 10.5 Å². The predicted molar refractivity (Wildman–Crippen MR) is 81.3 cm³/mol. The minimum atomic E-state index is 0.177. The monoisotopic (exact) mass is 274 g/mol. The Hall–Kier alpha value is 0.230. The molecule has 108 valence electrons. The summed E-state index contributed by atoms with van der Waals surface area (Å²) in [7, 11) is 2.24. The van der Waals surface area contributed by atoms with Gasteiger partial charge in [-0.25, -0.2) is 0 Å². The zero-order valence-corrected chi connectivity index (χ0v) is 13.1. The number of nitrogens with zero attached hydrogens (tertiary/aromatic N) is 1. The summed E-state index contributed by atoms with van der Waals surface area (Å²) in [5.74, 6) is 1.24. The fourth-order valence-corrected chi connectivity index (χ4v) is 3.30. The first-order valence-corrected chi connectivity index (χ1v) is 8.59. The quantitative estimate of drug-likeness (QED) is 0.690. The highest BCUT2D eigenvalue weighted by atomic mass is 32.2. The van der Waals surface area contributed by atoms with Crippen molar-refractivity contribution in [3.8, 4) is 0 Å². The molecule has 2 N–H and O–H groups in total. The topological polar surface area (TPSA) is 38.5 Å². The predicted octanol–water partition coefficient (Wildman–Crippen LogP) is 2.35. The summed E-state index contributed by atoms with van der Waals surface area (Å²) in [5.41, 5.74) is 6.28. The Labute approximate surface area is 117 Å². The van der Waals surface area contributed by atoms with Crippen molar-refractivity contribution >= 4 is 11.8 Å². The fourth-order valence-electron chi connectivity index (χ4n) is 2.88. The number of rotatable bonds is 8. The van der Waals surface area contributed by atoms with E-state index in [2.05, 4.69) is 25.1 Å². The van der Waals surface area contributed by atoms with Gasteiger partial charge in [0.25, 0.3) is 0 Å². The van der Waals surface area contributed by atoms with Crippen LogP contribution in [-0.4, -0.2) is 55.3 Å². The Balaban J connectivity index is 2.53. The average molecular weight is 274 g/mol. The van der Waals surface area contributed by atoms with Crippen LogP contribution >= 0.6 is 11.8 Å². The zero-order chi connectivity index (χ0) is 13.4. The molecule has 1 saturated heterocycles. The molecule has 0 aromatic heterocycles. The Kier molecular flexibility index (Phi) is 7.61. The first-order chi connectivity index (χ1) is 8.68. The summed E-state index contributed by atoms with van der Waals surface area (Å²) in [6.07, 6.45) is 8.38. The van der Waals surface area contributed by atoms with Gasteiger partial charge in [-0.15, -0.1) is 0 Å². The largest absolute Gasteiger partial charge is 0.378 e. The van der Waals surface area contributed by atoms with Crippen LogP contribution in [0, 0.1) is 0 Å². The van der Waals surface area contributed by atoms with Gasteiger partial charge in [0, 0.05) is 18.7 Å². The van der Waals surface area contributed by atoms with Crippen molar-refractivity contribution in [1.29, 1.82) is 0 Å². The molecule has 2 unspecified atom stereocenters. The van der Waals surface area contributed by atoms with Crippen LogP contribution in [0.25, 0.3) is 0 Å². The van der Waals surface area contributed by atoms with Crippen LogP contribution in [0.3, 0.4) is 0 Å². The first kappa shape index (κ1) is 16.3. The first-order valence-electron chi connectivity index (χ1n) is 7.20. The molecule has 0 radical (unpaired) electrons. The van der Waals surface area contributed by atoms with Gasteiger partial charge in [0.05, 0.1) is 6.10 Å². The number of hydrogen-bond donors (Lipinski definition) is 1. The van der Waals surface area contributed by atoms with Gasteiger partial charge in [0.15, 0.2) is 0 Å².